The highest BCUT2D eigenvalue weighted by atomic mass is 16.5. The molecular formula is C15H17N3O2. The fourth-order valence-corrected chi connectivity index (χ4v) is 2.46. The summed E-state index contributed by atoms with van der Waals surface area (Å²) < 4.78 is 5.31. The van der Waals surface area contributed by atoms with Gasteiger partial charge in [0.25, 0.3) is 5.91 Å². The SMILES string of the molecule is COc1ccccc1-c1cc(C(=O)N2CC(C)C2)[nH]n1. The fourth-order valence-electron chi connectivity index (χ4n) is 2.46. The Morgan fingerprint density at radius 1 is 1.40 bits per heavy atom. The first-order chi connectivity index (χ1) is 9.69. The van der Waals surface area contributed by atoms with Crippen molar-refractivity contribution >= 4 is 5.91 Å². The third-order valence-electron chi connectivity index (χ3n) is 3.54. The maximum absolute atomic E-state index is 12.2. The molecule has 0 unspecified atom stereocenters. The van der Waals surface area contributed by atoms with Gasteiger partial charge < -0.3 is 9.64 Å². The summed E-state index contributed by atoms with van der Waals surface area (Å²) in [6, 6.07) is 9.41. The number of hydrogen-bond donors (Lipinski definition) is 1. The standard InChI is InChI=1S/C15H17N3O2/c1-10-8-18(9-10)15(19)13-7-12(16-17-13)11-5-3-4-6-14(11)20-2/h3-7,10H,8-9H2,1-2H3,(H,16,17). The monoisotopic (exact) mass is 271 g/mol. The van der Waals surface area contributed by atoms with Gasteiger partial charge in [0.15, 0.2) is 0 Å². The summed E-state index contributed by atoms with van der Waals surface area (Å²) in [5.74, 6) is 1.35. The van der Waals surface area contributed by atoms with Crippen molar-refractivity contribution in [3.8, 4) is 17.0 Å². The lowest BCUT2D eigenvalue weighted by Gasteiger charge is -2.36. The van der Waals surface area contributed by atoms with Crippen LogP contribution >= 0.6 is 0 Å². The van der Waals surface area contributed by atoms with Crippen molar-refractivity contribution in [2.75, 3.05) is 20.2 Å². The lowest BCUT2D eigenvalue weighted by molar-refractivity contribution is 0.0524. The molecular weight excluding hydrogens is 254 g/mol. The largest absolute Gasteiger partial charge is 0.496 e. The normalized spacial score (nSPS) is 15.0. The topological polar surface area (TPSA) is 58.2 Å². The number of amides is 1. The van der Waals surface area contributed by atoms with Crippen molar-refractivity contribution in [3.63, 3.8) is 0 Å². The summed E-state index contributed by atoms with van der Waals surface area (Å²) in [4.78, 5) is 14.0. The summed E-state index contributed by atoms with van der Waals surface area (Å²) in [5.41, 5.74) is 2.12. The number of aromatic nitrogens is 2. The van der Waals surface area contributed by atoms with Gasteiger partial charge in [-0.2, -0.15) is 5.10 Å². The number of carbonyl (C=O) groups excluding carboxylic acids is 1. The molecule has 0 aliphatic carbocycles. The van der Waals surface area contributed by atoms with Crippen LogP contribution in [0.25, 0.3) is 11.3 Å². The van der Waals surface area contributed by atoms with E-state index in [2.05, 4.69) is 17.1 Å². The lowest BCUT2D eigenvalue weighted by atomic mass is 10.0. The minimum atomic E-state index is 0.0109. The van der Waals surface area contributed by atoms with Crippen LogP contribution in [0.4, 0.5) is 0 Å². The van der Waals surface area contributed by atoms with Crippen molar-refractivity contribution in [2.45, 2.75) is 6.92 Å². The van der Waals surface area contributed by atoms with Gasteiger partial charge in [-0.1, -0.05) is 19.1 Å². The second-order valence-electron chi connectivity index (χ2n) is 5.18. The fraction of sp³-hybridized carbons (Fsp3) is 0.333. The zero-order valence-corrected chi connectivity index (χ0v) is 11.6. The zero-order chi connectivity index (χ0) is 14.1. The molecule has 1 amide bonds. The molecule has 20 heavy (non-hydrogen) atoms. The molecule has 2 aromatic rings. The van der Waals surface area contributed by atoms with E-state index in [1.165, 1.54) is 0 Å². The quantitative estimate of drug-likeness (QED) is 0.930. The molecule has 1 saturated heterocycles. The van der Waals surface area contributed by atoms with Crippen LogP contribution in [0.1, 0.15) is 17.4 Å². The first kappa shape index (κ1) is 12.7. The van der Waals surface area contributed by atoms with Crippen LogP contribution in [0.2, 0.25) is 0 Å². The predicted octanol–water partition coefficient (Wildman–Crippen LogP) is 2.18. The molecule has 1 aliphatic heterocycles. The molecule has 0 spiro atoms. The zero-order valence-electron chi connectivity index (χ0n) is 11.6. The van der Waals surface area contributed by atoms with Gasteiger partial charge in [0.1, 0.15) is 11.4 Å². The predicted molar refractivity (Wildman–Crippen MR) is 75.6 cm³/mol. The number of methoxy groups -OCH3 is 1. The summed E-state index contributed by atoms with van der Waals surface area (Å²) in [7, 11) is 1.62. The minimum Gasteiger partial charge on any atom is -0.496 e. The average molecular weight is 271 g/mol. The van der Waals surface area contributed by atoms with Gasteiger partial charge in [0.05, 0.1) is 12.8 Å². The van der Waals surface area contributed by atoms with Crippen LogP contribution in [0.3, 0.4) is 0 Å². The number of benzene rings is 1. The number of nitrogens with one attached hydrogen (secondary N) is 1. The summed E-state index contributed by atoms with van der Waals surface area (Å²) >= 11 is 0. The molecule has 0 radical (unpaired) electrons. The number of ether oxygens (including phenoxy) is 1. The molecule has 0 bridgehead atoms. The van der Waals surface area contributed by atoms with Gasteiger partial charge in [0.2, 0.25) is 0 Å². The minimum absolute atomic E-state index is 0.0109. The van der Waals surface area contributed by atoms with Crippen LogP contribution < -0.4 is 4.74 Å². The molecule has 1 aromatic carbocycles. The van der Waals surface area contributed by atoms with Crippen LogP contribution in [0, 0.1) is 5.92 Å². The molecule has 1 aromatic heterocycles. The summed E-state index contributed by atoms with van der Waals surface area (Å²) in [5, 5.41) is 7.05. The van der Waals surface area contributed by atoms with Gasteiger partial charge in [-0.15, -0.1) is 0 Å². The first-order valence-electron chi connectivity index (χ1n) is 6.67. The van der Waals surface area contributed by atoms with Gasteiger partial charge in [-0.05, 0) is 24.1 Å². The Kier molecular flexibility index (Phi) is 3.18. The molecule has 0 atom stereocenters. The molecule has 1 aliphatic rings. The van der Waals surface area contributed by atoms with Crippen molar-refractivity contribution in [1.29, 1.82) is 0 Å². The molecule has 1 N–H and O–H groups in total. The maximum atomic E-state index is 12.2. The third kappa shape index (κ3) is 2.15. The second kappa shape index (κ2) is 5.00. The van der Waals surface area contributed by atoms with E-state index in [-0.39, 0.29) is 5.91 Å². The number of likely N-dealkylation sites (tertiary alicyclic amines) is 1. The van der Waals surface area contributed by atoms with E-state index in [0.717, 1.165) is 30.1 Å². The van der Waals surface area contributed by atoms with E-state index >= 15 is 0 Å². The Bertz CT molecular complexity index is 630. The number of H-pyrrole nitrogens is 1. The molecule has 5 heteroatoms. The smallest absolute Gasteiger partial charge is 0.271 e. The molecule has 1 fully saturated rings. The van der Waals surface area contributed by atoms with E-state index < -0.39 is 0 Å². The van der Waals surface area contributed by atoms with Crippen molar-refractivity contribution < 1.29 is 9.53 Å². The van der Waals surface area contributed by atoms with Crippen molar-refractivity contribution in [2.24, 2.45) is 5.92 Å². The van der Waals surface area contributed by atoms with Crippen molar-refractivity contribution in [1.82, 2.24) is 15.1 Å². The Labute approximate surface area is 117 Å². The Morgan fingerprint density at radius 2 is 2.15 bits per heavy atom. The van der Waals surface area contributed by atoms with Gasteiger partial charge in [0, 0.05) is 18.7 Å². The van der Waals surface area contributed by atoms with Gasteiger partial charge >= 0.3 is 0 Å². The van der Waals surface area contributed by atoms with E-state index in [9.17, 15) is 4.79 Å². The molecule has 0 saturated carbocycles. The van der Waals surface area contributed by atoms with Gasteiger partial charge in [-0.3, -0.25) is 9.89 Å². The Hall–Kier alpha value is -2.30. The first-order valence-corrected chi connectivity index (χ1v) is 6.67. The Balaban J connectivity index is 1.85. The van der Waals surface area contributed by atoms with Crippen LogP contribution in [0.5, 0.6) is 5.75 Å². The number of para-hydroxylation sites is 1. The molecule has 3 rings (SSSR count). The number of aromatic amines is 1. The molecule has 2 heterocycles. The number of rotatable bonds is 3. The van der Waals surface area contributed by atoms with E-state index in [1.54, 1.807) is 13.2 Å². The second-order valence-corrected chi connectivity index (χ2v) is 5.18. The summed E-state index contributed by atoms with van der Waals surface area (Å²) in [6.45, 7) is 3.78. The van der Waals surface area contributed by atoms with E-state index in [1.807, 2.05) is 29.2 Å². The average Bonchev–Trinajstić information content (AvgIpc) is 2.92. The van der Waals surface area contributed by atoms with E-state index in [0.29, 0.717) is 11.6 Å². The highest BCUT2D eigenvalue weighted by Gasteiger charge is 2.29. The van der Waals surface area contributed by atoms with Crippen LogP contribution in [0.15, 0.2) is 30.3 Å². The Morgan fingerprint density at radius 3 is 2.85 bits per heavy atom. The van der Waals surface area contributed by atoms with E-state index in [4.69, 9.17) is 4.74 Å². The van der Waals surface area contributed by atoms with Crippen LogP contribution in [-0.2, 0) is 0 Å². The van der Waals surface area contributed by atoms with Gasteiger partial charge in [-0.25, -0.2) is 0 Å². The highest BCUT2D eigenvalue weighted by Crippen LogP contribution is 2.28. The summed E-state index contributed by atoms with van der Waals surface area (Å²) in [6.07, 6.45) is 0. The molecule has 104 valence electrons. The maximum Gasteiger partial charge on any atom is 0.271 e. The number of nitrogens with zero attached hydrogens (tertiary/aromatic N) is 2. The lowest BCUT2D eigenvalue weighted by Crippen LogP contribution is -2.48. The number of carbonyl (C=O) groups is 1. The number of hydrogen-bond acceptors (Lipinski definition) is 3. The third-order valence-corrected chi connectivity index (χ3v) is 3.54. The highest BCUT2D eigenvalue weighted by molar-refractivity contribution is 5.94. The molecule has 5 nitrogen and oxygen atoms in total. The van der Waals surface area contributed by atoms with Crippen molar-refractivity contribution in [3.05, 3.63) is 36.0 Å². The van der Waals surface area contributed by atoms with Crippen LogP contribution in [-0.4, -0.2) is 41.2 Å².